The van der Waals surface area contributed by atoms with Gasteiger partial charge in [0.2, 0.25) is 0 Å². The molecule has 0 N–H and O–H groups in total. The number of carbonyl (C=O) groups is 3. The van der Waals surface area contributed by atoms with E-state index in [0.717, 1.165) is 0 Å². The van der Waals surface area contributed by atoms with Crippen LogP contribution < -0.4 is 0 Å². The van der Waals surface area contributed by atoms with Crippen molar-refractivity contribution >= 4 is 17.8 Å². The maximum Gasteiger partial charge on any atom is 0.308 e. The standard InChI is InChI=1S/C13H16N2O4/c1-8(2)15-12(17)9-5-4-6-14(9)10(13(15)18)7-11(16)19-3/h4-6,8,10H,7H2,1-3H3. The van der Waals surface area contributed by atoms with Crippen molar-refractivity contribution in [2.75, 3.05) is 7.11 Å². The van der Waals surface area contributed by atoms with Crippen molar-refractivity contribution < 1.29 is 19.1 Å². The largest absolute Gasteiger partial charge is 0.469 e. The number of fused-ring (bicyclic) bond motifs is 1. The average molecular weight is 264 g/mol. The van der Waals surface area contributed by atoms with Crippen LogP contribution in [0.4, 0.5) is 0 Å². The summed E-state index contributed by atoms with van der Waals surface area (Å²) in [6, 6.07) is 2.38. The second-order valence-corrected chi connectivity index (χ2v) is 4.70. The highest BCUT2D eigenvalue weighted by Gasteiger charge is 2.40. The van der Waals surface area contributed by atoms with E-state index in [1.54, 1.807) is 36.7 Å². The SMILES string of the molecule is COC(=O)CC1C(=O)N(C(C)C)C(=O)c2cccn21. The van der Waals surface area contributed by atoms with E-state index in [9.17, 15) is 14.4 Å². The van der Waals surface area contributed by atoms with E-state index < -0.39 is 12.0 Å². The molecule has 0 spiro atoms. The molecule has 0 fully saturated rings. The Morgan fingerprint density at radius 3 is 2.68 bits per heavy atom. The molecular weight excluding hydrogens is 248 g/mol. The minimum atomic E-state index is -0.711. The number of amides is 2. The summed E-state index contributed by atoms with van der Waals surface area (Å²) < 4.78 is 6.15. The highest BCUT2D eigenvalue weighted by molar-refractivity contribution is 6.08. The molecule has 2 amide bonds. The monoisotopic (exact) mass is 264 g/mol. The van der Waals surface area contributed by atoms with Gasteiger partial charge in [-0.15, -0.1) is 0 Å². The fourth-order valence-electron chi connectivity index (χ4n) is 2.27. The van der Waals surface area contributed by atoms with Crippen LogP contribution in [0, 0.1) is 0 Å². The number of esters is 1. The van der Waals surface area contributed by atoms with Crippen molar-refractivity contribution in [1.29, 1.82) is 0 Å². The van der Waals surface area contributed by atoms with Crippen LogP contribution in [0.5, 0.6) is 0 Å². The van der Waals surface area contributed by atoms with Gasteiger partial charge in [0, 0.05) is 12.2 Å². The quantitative estimate of drug-likeness (QED) is 0.603. The molecule has 1 aromatic rings. The molecule has 0 saturated carbocycles. The number of hydrogen-bond acceptors (Lipinski definition) is 4. The van der Waals surface area contributed by atoms with Crippen molar-refractivity contribution in [3.05, 3.63) is 24.0 Å². The van der Waals surface area contributed by atoms with Gasteiger partial charge in [-0.25, -0.2) is 0 Å². The predicted octanol–water partition coefficient (Wildman–Crippen LogP) is 0.983. The van der Waals surface area contributed by atoms with E-state index in [2.05, 4.69) is 4.74 Å². The number of ether oxygens (including phenoxy) is 1. The van der Waals surface area contributed by atoms with E-state index >= 15 is 0 Å². The van der Waals surface area contributed by atoms with Gasteiger partial charge in [0.25, 0.3) is 11.8 Å². The average Bonchev–Trinajstić information content (AvgIpc) is 2.83. The molecule has 0 aliphatic carbocycles. The number of carbonyl (C=O) groups excluding carboxylic acids is 3. The first-order valence-corrected chi connectivity index (χ1v) is 6.08. The van der Waals surface area contributed by atoms with Crippen LogP contribution in [0.15, 0.2) is 18.3 Å². The lowest BCUT2D eigenvalue weighted by molar-refractivity contribution is -0.146. The van der Waals surface area contributed by atoms with Gasteiger partial charge < -0.3 is 9.30 Å². The Balaban J connectivity index is 2.43. The zero-order valence-electron chi connectivity index (χ0n) is 11.1. The van der Waals surface area contributed by atoms with Crippen molar-refractivity contribution in [2.24, 2.45) is 0 Å². The van der Waals surface area contributed by atoms with Gasteiger partial charge in [-0.05, 0) is 26.0 Å². The summed E-state index contributed by atoms with van der Waals surface area (Å²) in [6.07, 6.45) is 1.56. The van der Waals surface area contributed by atoms with E-state index in [4.69, 9.17) is 0 Å². The van der Waals surface area contributed by atoms with Crippen molar-refractivity contribution in [2.45, 2.75) is 32.4 Å². The van der Waals surface area contributed by atoms with Gasteiger partial charge in [0.1, 0.15) is 11.7 Å². The summed E-state index contributed by atoms with van der Waals surface area (Å²) in [5, 5.41) is 0. The normalized spacial score (nSPS) is 18.7. The number of hydrogen-bond donors (Lipinski definition) is 0. The Hall–Kier alpha value is -2.11. The van der Waals surface area contributed by atoms with Crippen molar-refractivity contribution in [3.63, 3.8) is 0 Å². The Kier molecular flexibility index (Phi) is 3.42. The van der Waals surface area contributed by atoms with Crippen LogP contribution in [0.1, 0.15) is 36.8 Å². The molecule has 0 radical (unpaired) electrons. The topological polar surface area (TPSA) is 68.6 Å². The van der Waals surface area contributed by atoms with E-state index in [0.29, 0.717) is 5.69 Å². The molecule has 0 saturated heterocycles. The number of methoxy groups -OCH3 is 1. The van der Waals surface area contributed by atoms with Gasteiger partial charge in [-0.2, -0.15) is 0 Å². The number of aromatic nitrogens is 1. The van der Waals surface area contributed by atoms with Crippen molar-refractivity contribution in [3.8, 4) is 0 Å². The summed E-state index contributed by atoms with van der Waals surface area (Å²) in [5.74, 6) is -1.17. The molecule has 1 aliphatic rings. The maximum atomic E-state index is 12.4. The molecular formula is C13H16N2O4. The van der Waals surface area contributed by atoms with E-state index in [-0.39, 0.29) is 24.3 Å². The minimum absolute atomic E-state index is 0.0759. The summed E-state index contributed by atoms with van der Waals surface area (Å²) >= 11 is 0. The van der Waals surface area contributed by atoms with Crippen LogP contribution in [0.3, 0.4) is 0 Å². The summed E-state index contributed by atoms with van der Waals surface area (Å²) in [5.41, 5.74) is 0.419. The highest BCUT2D eigenvalue weighted by atomic mass is 16.5. The molecule has 1 aromatic heterocycles. The van der Waals surface area contributed by atoms with E-state index in [1.807, 2.05) is 0 Å². The predicted molar refractivity (Wildman–Crippen MR) is 66.4 cm³/mol. The second-order valence-electron chi connectivity index (χ2n) is 4.70. The fraction of sp³-hybridized carbons (Fsp3) is 0.462. The van der Waals surface area contributed by atoms with Crippen LogP contribution >= 0.6 is 0 Å². The Morgan fingerprint density at radius 2 is 2.11 bits per heavy atom. The molecule has 6 heteroatoms. The maximum absolute atomic E-state index is 12.4. The molecule has 1 unspecified atom stereocenters. The molecule has 0 bridgehead atoms. The molecule has 6 nitrogen and oxygen atoms in total. The highest BCUT2D eigenvalue weighted by Crippen LogP contribution is 2.27. The fourth-order valence-corrected chi connectivity index (χ4v) is 2.27. The molecule has 1 aliphatic heterocycles. The van der Waals surface area contributed by atoms with Gasteiger partial charge in [0.05, 0.1) is 13.5 Å². The minimum Gasteiger partial charge on any atom is -0.469 e. The number of rotatable bonds is 3. The molecule has 2 rings (SSSR count). The summed E-state index contributed by atoms with van der Waals surface area (Å²) in [6.45, 7) is 3.53. The zero-order valence-corrected chi connectivity index (χ0v) is 11.1. The first kappa shape index (κ1) is 13.3. The third-order valence-corrected chi connectivity index (χ3v) is 3.18. The Morgan fingerprint density at radius 1 is 1.42 bits per heavy atom. The lowest BCUT2D eigenvalue weighted by Crippen LogP contribution is -2.50. The van der Waals surface area contributed by atoms with E-state index in [1.165, 1.54) is 12.0 Å². The van der Waals surface area contributed by atoms with Gasteiger partial charge >= 0.3 is 5.97 Å². The third kappa shape index (κ3) is 2.14. The molecule has 102 valence electrons. The van der Waals surface area contributed by atoms with Gasteiger partial charge in [-0.1, -0.05) is 0 Å². The zero-order chi connectivity index (χ0) is 14.2. The van der Waals surface area contributed by atoms with Crippen LogP contribution in [0.25, 0.3) is 0 Å². The van der Waals surface area contributed by atoms with Crippen LogP contribution in [-0.2, 0) is 14.3 Å². The number of imide groups is 1. The molecule has 1 atom stereocenters. The van der Waals surface area contributed by atoms with Gasteiger partial charge in [-0.3, -0.25) is 19.3 Å². The summed E-state index contributed by atoms with van der Waals surface area (Å²) in [4.78, 5) is 37.2. The molecule has 19 heavy (non-hydrogen) atoms. The van der Waals surface area contributed by atoms with Crippen molar-refractivity contribution in [1.82, 2.24) is 9.47 Å². The van der Waals surface area contributed by atoms with Crippen LogP contribution in [-0.4, -0.2) is 40.4 Å². The molecule has 2 heterocycles. The Bertz CT molecular complexity index is 533. The first-order valence-electron chi connectivity index (χ1n) is 6.08. The first-order chi connectivity index (χ1) is 8.97. The number of nitrogens with zero attached hydrogens (tertiary/aromatic N) is 2. The third-order valence-electron chi connectivity index (χ3n) is 3.18. The lowest BCUT2D eigenvalue weighted by atomic mass is 10.1. The lowest BCUT2D eigenvalue weighted by Gasteiger charge is -2.34. The second kappa shape index (κ2) is 4.87. The smallest absolute Gasteiger partial charge is 0.308 e. The molecule has 0 aromatic carbocycles. The Labute approximate surface area is 110 Å². The van der Waals surface area contributed by atoms with Crippen LogP contribution in [0.2, 0.25) is 0 Å². The van der Waals surface area contributed by atoms with Gasteiger partial charge in [0.15, 0.2) is 0 Å². The summed E-state index contributed by atoms with van der Waals surface area (Å²) in [7, 11) is 1.28.